The van der Waals surface area contributed by atoms with Gasteiger partial charge < -0.3 is 35.8 Å². The van der Waals surface area contributed by atoms with Gasteiger partial charge in [-0.05, 0) is 25.5 Å². The minimum atomic E-state index is -1.17. The Morgan fingerprint density at radius 1 is 1.39 bits per heavy atom. The first-order valence-electron chi connectivity index (χ1n) is 10.2. The number of allylic oxidation sites excluding steroid dienone is 1. The number of carbonyl (C=O) groups is 2. The molecule has 11 nitrogen and oxygen atoms in total. The number of nitrogen functional groups attached to an aromatic ring is 1. The molecule has 36 heavy (non-hydrogen) atoms. The zero-order chi connectivity index (χ0) is 26.0. The third-order valence-corrected chi connectivity index (χ3v) is 7.83. The second-order valence-electron chi connectivity index (χ2n) is 6.97. The number of carboxylic acid groups (broad SMARTS) is 1. The molecule has 15 heteroatoms. The van der Waals surface area contributed by atoms with Gasteiger partial charge in [-0.1, -0.05) is 11.2 Å². The Morgan fingerprint density at radius 2 is 2.11 bits per heavy atom. The van der Waals surface area contributed by atoms with Gasteiger partial charge in [0, 0.05) is 29.7 Å². The summed E-state index contributed by atoms with van der Waals surface area (Å²) >= 11 is 4.53. The van der Waals surface area contributed by atoms with Gasteiger partial charge in [0.15, 0.2) is 5.13 Å². The molecule has 1 fully saturated rings. The molecule has 2 aliphatic rings. The molecule has 190 valence electrons. The van der Waals surface area contributed by atoms with Crippen LogP contribution in [-0.2, 0) is 14.4 Å². The van der Waals surface area contributed by atoms with Gasteiger partial charge in [-0.2, -0.15) is 0 Å². The Balaban J connectivity index is 0.000000393. The number of thiazole rings is 2. The fourth-order valence-corrected chi connectivity index (χ4v) is 5.87. The maximum Gasteiger partial charge on any atom is 1.00 e. The van der Waals surface area contributed by atoms with Crippen LogP contribution in [0.5, 0.6) is 0 Å². The van der Waals surface area contributed by atoms with E-state index in [4.69, 9.17) is 10.8 Å². The minimum absolute atomic E-state index is 0. The monoisotopic (exact) mass is 562 g/mol. The van der Waals surface area contributed by atoms with Crippen molar-refractivity contribution in [1.29, 1.82) is 0 Å². The van der Waals surface area contributed by atoms with E-state index in [9.17, 15) is 14.7 Å². The van der Waals surface area contributed by atoms with E-state index in [1.165, 1.54) is 29.8 Å². The number of carboxylic acids is 1. The summed E-state index contributed by atoms with van der Waals surface area (Å²) in [5.74, 6) is -0.592. The van der Waals surface area contributed by atoms with Crippen molar-refractivity contribution in [1.82, 2.24) is 20.2 Å². The first-order valence-corrected chi connectivity index (χ1v) is 13.0. The van der Waals surface area contributed by atoms with Crippen LogP contribution in [-0.4, -0.2) is 76.0 Å². The maximum atomic E-state index is 11.5. The van der Waals surface area contributed by atoms with E-state index in [-0.39, 0.29) is 46.7 Å². The van der Waals surface area contributed by atoms with Crippen LogP contribution in [0.3, 0.4) is 0 Å². The number of anilines is 1. The van der Waals surface area contributed by atoms with E-state index in [0.717, 1.165) is 34.7 Å². The van der Waals surface area contributed by atoms with E-state index in [2.05, 4.69) is 25.3 Å². The number of nitrogens with one attached hydrogen (secondary N) is 1. The number of nitrogens with two attached hydrogens (primary N) is 1. The standard InChI is InChI=1S/C14H15N3O3S2.C6H9N3OS.CH4O.Na/c1-8-11(22-7-16-8)3-2-9-5-21-13-10(15-6-18)4-17(13)12(9)14(19)20;1-4(9-10-2)5-3-11-6(7)8-5;1-2;/h2-3,6-7,10,13H,4-5H2,1H3,(H,15,18)(H,19,20);3H,1-2H3,(H2,7,8);2H,1H3;/q;;;+1/p-1/b3-2-;9-4-;;. The summed E-state index contributed by atoms with van der Waals surface area (Å²) in [6.45, 7) is 4.23. The first-order chi connectivity index (χ1) is 16.8. The molecule has 4 heterocycles. The van der Waals surface area contributed by atoms with Gasteiger partial charge in [-0.3, -0.25) is 4.79 Å². The summed E-state index contributed by atoms with van der Waals surface area (Å²) in [5.41, 5.74) is 10.6. The van der Waals surface area contributed by atoms with Gasteiger partial charge in [0.2, 0.25) is 6.41 Å². The number of oxime groups is 1. The van der Waals surface area contributed by atoms with E-state index >= 15 is 0 Å². The molecule has 4 rings (SSSR count). The van der Waals surface area contributed by atoms with Crippen LogP contribution in [0.1, 0.15) is 23.2 Å². The van der Waals surface area contributed by atoms with Gasteiger partial charge in [0.05, 0.1) is 34.3 Å². The summed E-state index contributed by atoms with van der Waals surface area (Å²) in [6, 6.07) is -0.00822. The molecule has 2 aliphatic heterocycles. The Bertz CT molecular complexity index is 1100. The molecule has 0 spiro atoms. The third kappa shape index (κ3) is 8.30. The Labute approximate surface area is 243 Å². The van der Waals surface area contributed by atoms with Crippen molar-refractivity contribution < 1.29 is 54.2 Å². The summed E-state index contributed by atoms with van der Waals surface area (Å²) < 4.78 is 0. The van der Waals surface area contributed by atoms with Crippen molar-refractivity contribution >= 4 is 63.7 Å². The first kappa shape index (κ1) is 32.1. The number of fused-ring (bicyclic) bond motifs is 1. The minimum Gasteiger partial charge on any atom is -0.543 e. The molecule has 1 amide bonds. The number of carbonyl (C=O) groups excluding carboxylic acids is 2. The predicted molar refractivity (Wildman–Crippen MR) is 138 cm³/mol. The fourth-order valence-electron chi connectivity index (χ4n) is 3.22. The summed E-state index contributed by atoms with van der Waals surface area (Å²) in [7, 11) is 2.50. The zero-order valence-corrected chi connectivity index (χ0v) is 25.1. The van der Waals surface area contributed by atoms with Crippen molar-refractivity contribution in [2.75, 3.05) is 32.3 Å². The van der Waals surface area contributed by atoms with E-state index in [0.29, 0.717) is 23.8 Å². The maximum absolute atomic E-state index is 11.5. The SMILES string of the molecule is CO.CO/N=C(/C)c1csc(N)n1.Cc1ncsc1/C=C\C1=C(C(=O)[O-])N2CC(NC=O)C2SC1.[Na+]. The van der Waals surface area contributed by atoms with Crippen LogP contribution < -0.4 is 45.7 Å². The predicted octanol–water partition coefficient (Wildman–Crippen LogP) is -2.32. The van der Waals surface area contributed by atoms with Gasteiger partial charge in [0.25, 0.3) is 0 Å². The molecular weight excluding hydrogens is 535 g/mol. The molecule has 0 aliphatic carbocycles. The molecule has 2 aromatic rings. The molecule has 2 atom stereocenters. The van der Waals surface area contributed by atoms with Gasteiger partial charge in [-0.25, -0.2) is 9.97 Å². The molecule has 4 N–H and O–H groups in total. The Morgan fingerprint density at radius 3 is 2.64 bits per heavy atom. The number of aliphatic hydroxyl groups is 1. The fraction of sp³-hybridized carbons (Fsp3) is 0.381. The van der Waals surface area contributed by atoms with Crippen molar-refractivity contribution in [3.8, 4) is 0 Å². The van der Waals surface area contributed by atoms with Gasteiger partial charge in [0.1, 0.15) is 18.5 Å². The molecule has 1 saturated heterocycles. The number of aromatic nitrogens is 2. The second kappa shape index (κ2) is 16.0. The number of amides is 1. The molecule has 2 aromatic heterocycles. The molecule has 0 radical (unpaired) electrons. The number of aliphatic carboxylic acids is 1. The van der Waals surface area contributed by atoms with Crippen molar-refractivity contribution in [2.45, 2.75) is 25.3 Å². The quantitative estimate of drug-likeness (QED) is 0.144. The molecule has 0 saturated carbocycles. The number of aliphatic hydroxyl groups excluding tert-OH is 1. The van der Waals surface area contributed by atoms with Crippen LogP contribution in [0, 0.1) is 6.92 Å². The Kier molecular flexibility index (Phi) is 14.3. The van der Waals surface area contributed by atoms with Crippen LogP contribution in [0.2, 0.25) is 0 Å². The topological polar surface area (TPSA) is 166 Å². The van der Waals surface area contributed by atoms with Crippen LogP contribution in [0.25, 0.3) is 6.08 Å². The van der Waals surface area contributed by atoms with Gasteiger partial charge >= 0.3 is 29.6 Å². The summed E-state index contributed by atoms with van der Waals surface area (Å²) in [6.07, 6.45) is 4.38. The summed E-state index contributed by atoms with van der Waals surface area (Å²) in [5, 5.41) is 27.3. The average Bonchev–Trinajstić information content (AvgIpc) is 3.45. The number of rotatable bonds is 7. The molecule has 0 bridgehead atoms. The van der Waals surface area contributed by atoms with E-state index < -0.39 is 5.97 Å². The normalized spacial score (nSPS) is 18.5. The molecule has 2 unspecified atom stereocenters. The largest absolute Gasteiger partial charge is 1.00 e. The molecule has 0 aromatic carbocycles. The van der Waals surface area contributed by atoms with Crippen molar-refractivity contribution in [2.24, 2.45) is 5.16 Å². The van der Waals surface area contributed by atoms with E-state index in [1.54, 1.807) is 22.2 Å². The van der Waals surface area contributed by atoms with Gasteiger partial charge in [-0.15, -0.1) is 34.4 Å². The number of nitrogens with zero attached hydrogens (tertiary/aromatic N) is 4. The number of thioether (sulfide) groups is 1. The zero-order valence-electron chi connectivity index (χ0n) is 20.6. The number of aryl methyl sites for hydroxylation is 1. The van der Waals surface area contributed by atoms with Crippen LogP contribution in [0.15, 0.2) is 33.4 Å². The van der Waals surface area contributed by atoms with E-state index in [1.807, 2.05) is 31.4 Å². The number of hydrogen-bond acceptors (Lipinski definition) is 13. The second-order valence-corrected chi connectivity index (χ2v) is 9.85. The number of hydrogen-bond donors (Lipinski definition) is 3. The van der Waals surface area contributed by atoms with Crippen molar-refractivity contribution in [3.63, 3.8) is 0 Å². The smallest absolute Gasteiger partial charge is 0.543 e. The van der Waals surface area contributed by atoms with Crippen LogP contribution >= 0.6 is 34.4 Å². The van der Waals surface area contributed by atoms with Crippen LogP contribution in [0.4, 0.5) is 5.13 Å². The summed E-state index contributed by atoms with van der Waals surface area (Å²) in [4.78, 5) is 37.6. The Hall–Kier alpha value is -1.94. The van der Waals surface area contributed by atoms with Crippen molar-refractivity contribution in [3.05, 3.63) is 44.5 Å². The molecular formula is C21H27N6NaO5S3. The average molecular weight is 563 g/mol. The third-order valence-electron chi connectivity index (χ3n) is 4.86.